The first kappa shape index (κ1) is 34.5. The Morgan fingerprint density at radius 2 is 1.31 bits per heavy atom. The Bertz CT molecular complexity index is 1090. The van der Waals surface area contributed by atoms with Crippen LogP contribution in [0.25, 0.3) is 0 Å². The van der Waals surface area contributed by atoms with E-state index in [0.717, 1.165) is 31.9 Å². The van der Waals surface area contributed by atoms with Crippen molar-refractivity contribution in [2.75, 3.05) is 19.8 Å². The van der Waals surface area contributed by atoms with Crippen LogP contribution in [0.5, 0.6) is 5.75 Å². The van der Waals surface area contributed by atoms with Gasteiger partial charge < -0.3 is 38.5 Å². The number of rotatable bonds is 12. The van der Waals surface area contributed by atoms with Crippen LogP contribution < -0.4 is 10.1 Å². The van der Waals surface area contributed by atoms with Crippen molar-refractivity contribution in [3.8, 4) is 5.75 Å². The Labute approximate surface area is 245 Å². The summed E-state index contributed by atoms with van der Waals surface area (Å²) in [6, 6.07) is 5.75. The second-order valence-electron chi connectivity index (χ2n) is 10.3. The van der Waals surface area contributed by atoms with E-state index < -0.39 is 60.7 Å². The van der Waals surface area contributed by atoms with Gasteiger partial charge in [0.25, 0.3) is 0 Å². The number of carbonyl (C=O) groups is 5. The van der Waals surface area contributed by atoms with Gasteiger partial charge in [-0.1, -0.05) is 45.9 Å². The molecule has 0 bridgehead atoms. The summed E-state index contributed by atoms with van der Waals surface area (Å²) in [5, 5.41) is 2.61. The smallest absolute Gasteiger partial charge is 0.412 e. The lowest BCUT2D eigenvalue weighted by molar-refractivity contribution is -0.307. The predicted octanol–water partition coefficient (Wildman–Crippen LogP) is 3.12. The highest BCUT2D eigenvalue weighted by atomic mass is 16.7. The van der Waals surface area contributed by atoms with E-state index in [1.54, 1.807) is 0 Å². The van der Waals surface area contributed by atoms with Gasteiger partial charge in [-0.05, 0) is 23.0 Å². The zero-order chi connectivity index (χ0) is 31.6. The molecule has 0 aliphatic carbocycles. The molecule has 42 heavy (non-hydrogen) atoms. The van der Waals surface area contributed by atoms with Crippen molar-refractivity contribution in [3.63, 3.8) is 0 Å². The maximum absolute atomic E-state index is 12.7. The molecule has 234 valence electrons. The Kier molecular flexibility index (Phi) is 13.2. The Hall–Kier alpha value is -3.71. The molecule has 13 nitrogen and oxygen atoms in total. The highest BCUT2D eigenvalue weighted by Gasteiger charge is 2.52. The highest BCUT2D eigenvalue weighted by molar-refractivity contribution is 5.72. The van der Waals surface area contributed by atoms with Crippen LogP contribution in [0.3, 0.4) is 0 Å². The quantitative estimate of drug-likeness (QED) is 0.214. The summed E-state index contributed by atoms with van der Waals surface area (Å²) >= 11 is 0. The zero-order valence-corrected chi connectivity index (χ0v) is 25.3. The standard InChI is InChI=1S/C29H41NO12/c1-15(2)21-10-9-11-22(16(3)4)24(21)42-29(35)30-12-13-36-28-27(40-20(8)34)26(39-19(7)33)25(38-18(6)32)23(41-28)14-37-17(5)31/h9-11,15-16,23,25-28H,12-14H2,1-8H3,(H,30,35)/t23-,25-,26+,27-,28-/m1/s1. The van der Waals surface area contributed by atoms with Gasteiger partial charge in [0, 0.05) is 34.2 Å². The molecule has 1 amide bonds. The van der Waals surface area contributed by atoms with Crippen molar-refractivity contribution < 1.29 is 57.1 Å². The molecule has 1 saturated heterocycles. The van der Waals surface area contributed by atoms with Crippen LogP contribution in [0.2, 0.25) is 0 Å². The lowest BCUT2D eigenvalue weighted by Gasteiger charge is -2.44. The first-order valence-corrected chi connectivity index (χ1v) is 13.7. The van der Waals surface area contributed by atoms with Gasteiger partial charge in [0.05, 0.1) is 6.61 Å². The average Bonchev–Trinajstić information content (AvgIpc) is 2.87. The third-order valence-corrected chi connectivity index (χ3v) is 6.12. The fraction of sp³-hybridized carbons (Fsp3) is 0.621. The molecule has 0 unspecified atom stereocenters. The molecular formula is C29H41NO12. The van der Waals surface area contributed by atoms with Crippen LogP contribution in [-0.4, -0.2) is 80.4 Å². The second-order valence-corrected chi connectivity index (χ2v) is 10.3. The normalized spacial score (nSPS) is 21.8. The number of esters is 4. The van der Waals surface area contributed by atoms with E-state index in [0.29, 0.717) is 5.75 Å². The molecule has 0 spiro atoms. The number of para-hydroxylation sites is 1. The average molecular weight is 596 g/mol. The fourth-order valence-electron chi connectivity index (χ4n) is 4.38. The van der Waals surface area contributed by atoms with E-state index in [1.165, 1.54) is 6.92 Å². The molecule has 1 heterocycles. The number of hydrogen-bond donors (Lipinski definition) is 1. The van der Waals surface area contributed by atoms with Gasteiger partial charge in [-0.15, -0.1) is 0 Å². The van der Waals surface area contributed by atoms with Crippen LogP contribution >= 0.6 is 0 Å². The largest absolute Gasteiger partial charge is 0.463 e. The molecule has 1 N–H and O–H groups in total. The number of hydrogen-bond acceptors (Lipinski definition) is 12. The van der Waals surface area contributed by atoms with Crippen molar-refractivity contribution in [3.05, 3.63) is 29.3 Å². The van der Waals surface area contributed by atoms with Gasteiger partial charge >= 0.3 is 30.0 Å². The summed E-state index contributed by atoms with van der Waals surface area (Å²) in [5.74, 6) is -2.13. The minimum absolute atomic E-state index is 0.0352. The predicted molar refractivity (Wildman–Crippen MR) is 147 cm³/mol. The number of ether oxygens (including phenoxy) is 7. The maximum atomic E-state index is 12.7. The van der Waals surface area contributed by atoms with Gasteiger partial charge in [0.1, 0.15) is 18.5 Å². The summed E-state index contributed by atoms with van der Waals surface area (Å²) in [6.07, 6.45) is -7.19. The molecule has 0 radical (unpaired) electrons. The van der Waals surface area contributed by atoms with Crippen molar-refractivity contribution >= 4 is 30.0 Å². The minimum Gasteiger partial charge on any atom is -0.463 e. The molecule has 0 saturated carbocycles. The number of amides is 1. The van der Waals surface area contributed by atoms with Crippen LogP contribution in [0.1, 0.15) is 78.4 Å². The third-order valence-electron chi connectivity index (χ3n) is 6.12. The van der Waals surface area contributed by atoms with Crippen LogP contribution in [0.4, 0.5) is 4.79 Å². The molecular weight excluding hydrogens is 554 g/mol. The van der Waals surface area contributed by atoms with Gasteiger partial charge in [0.2, 0.25) is 0 Å². The summed E-state index contributed by atoms with van der Waals surface area (Å²) in [4.78, 5) is 59.9. The lowest BCUT2D eigenvalue weighted by Crippen LogP contribution is -2.63. The van der Waals surface area contributed by atoms with Crippen LogP contribution in [0.15, 0.2) is 18.2 Å². The number of benzene rings is 1. The Morgan fingerprint density at radius 3 is 1.81 bits per heavy atom. The van der Waals surface area contributed by atoms with Crippen molar-refractivity contribution in [2.24, 2.45) is 0 Å². The number of nitrogens with one attached hydrogen (secondary N) is 1. The van der Waals surface area contributed by atoms with E-state index >= 15 is 0 Å². The van der Waals surface area contributed by atoms with Gasteiger partial charge in [-0.25, -0.2) is 4.79 Å². The molecule has 1 aromatic carbocycles. The molecule has 0 aromatic heterocycles. The van der Waals surface area contributed by atoms with E-state index in [2.05, 4.69) is 5.32 Å². The summed E-state index contributed by atoms with van der Waals surface area (Å²) in [6.45, 7) is 12.0. The van der Waals surface area contributed by atoms with Crippen molar-refractivity contribution in [1.82, 2.24) is 5.32 Å². The summed E-state index contributed by atoms with van der Waals surface area (Å²) in [5.41, 5.74) is 1.79. The molecule has 2 rings (SSSR count). The first-order chi connectivity index (χ1) is 19.7. The number of carbonyl (C=O) groups excluding carboxylic acids is 5. The van der Waals surface area contributed by atoms with E-state index in [1.807, 2.05) is 45.9 Å². The molecule has 1 aliphatic rings. The second kappa shape index (κ2) is 16.1. The Morgan fingerprint density at radius 1 is 0.786 bits per heavy atom. The van der Waals surface area contributed by atoms with Crippen LogP contribution in [-0.2, 0) is 47.6 Å². The third kappa shape index (κ3) is 10.3. The molecule has 1 aromatic rings. The minimum atomic E-state index is -1.36. The maximum Gasteiger partial charge on any atom is 0.412 e. The van der Waals surface area contributed by atoms with Gasteiger partial charge in [-0.3, -0.25) is 19.2 Å². The lowest BCUT2D eigenvalue weighted by atomic mass is 9.94. The molecule has 1 fully saturated rings. The Balaban J connectivity index is 2.18. The first-order valence-electron chi connectivity index (χ1n) is 13.7. The molecule has 13 heteroatoms. The fourth-order valence-corrected chi connectivity index (χ4v) is 4.38. The zero-order valence-electron chi connectivity index (χ0n) is 25.3. The summed E-state index contributed by atoms with van der Waals surface area (Å²) in [7, 11) is 0. The van der Waals surface area contributed by atoms with Gasteiger partial charge in [-0.2, -0.15) is 0 Å². The van der Waals surface area contributed by atoms with E-state index in [9.17, 15) is 24.0 Å². The molecule has 5 atom stereocenters. The van der Waals surface area contributed by atoms with Crippen molar-refractivity contribution in [1.29, 1.82) is 0 Å². The summed E-state index contributed by atoms with van der Waals surface area (Å²) < 4.78 is 38.4. The molecule has 1 aliphatic heterocycles. The van der Waals surface area contributed by atoms with Gasteiger partial charge in [0.15, 0.2) is 24.6 Å². The van der Waals surface area contributed by atoms with Crippen molar-refractivity contribution in [2.45, 2.75) is 97.9 Å². The highest BCUT2D eigenvalue weighted by Crippen LogP contribution is 2.34. The van der Waals surface area contributed by atoms with E-state index in [-0.39, 0.29) is 31.6 Å². The van der Waals surface area contributed by atoms with E-state index in [4.69, 9.17) is 33.2 Å². The van der Waals surface area contributed by atoms with Crippen LogP contribution in [0, 0.1) is 0 Å². The SMILES string of the molecule is CC(=O)OC[C@H]1O[C@@H](OCCNC(=O)Oc2c(C(C)C)cccc2C(C)C)[C@H](OC(C)=O)[C@@H](OC(C)=O)[C@@H]1OC(C)=O. The topological polar surface area (TPSA) is 162 Å². The monoisotopic (exact) mass is 595 g/mol.